The predicted octanol–water partition coefficient (Wildman–Crippen LogP) is 6.11. The van der Waals surface area contributed by atoms with E-state index >= 15 is 0 Å². The summed E-state index contributed by atoms with van der Waals surface area (Å²) in [6.07, 6.45) is 1.71. The van der Waals surface area contributed by atoms with Gasteiger partial charge in [0.15, 0.2) is 17.4 Å². The number of nitrogens with one attached hydrogen (secondary N) is 1. The van der Waals surface area contributed by atoms with Gasteiger partial charge in [0.25, 0.3) is 0 Å². The van der Waals surface area contributed by atoms with Gasteiger partial charge in [0, 0.05) is 17.3 Å². The van der Waals surface area contributed by atoms with Crippen molar-refractivity contribution in [3.8, 4) is 11.6 Å². The van der Waals surface area contributed by atoms with Crippen molar-refractivity contribution >= 4 is 34.2 Å². The van der Waals surface area contributed by atoms with Gasteiger partial charge in [0.1, 0.15) is 5.69 Å². The first-order valence-corrected chi connectivity index (χ1v) is 8.64. The molecule has 0 radical (unpaired) electrons. The summed E-state index contributed by atoms with van der Waals surface area (Å²) in [4.78, 5) is 9.03. The van der Waals surface area contributed by atoms with Crippen molar-refractivity contribution in [3.05, 3.63) is 83.9 Å². The molecule has 0 atom stereocenters. The zero-order valence-electron chi connectivity index (χ0n) is 14.5. The number of para-hydroxylation sites is 2. The number of aromatic nitrogens is 1. The Morgan fingerprint density at radius 2 is 1.79 bits per heavy atom. The van der Waals surface area contributed by atoms with Gasteiger partial charge in [-0.25, -0.2) is 13.8 Å². The lowest BCUT2D eigenvalue weighted by molar-refractivity contribution is 0.467. The number of benzene rings is 3. The molecule has 6 heteroatoms. The van der Waals surface area contributed by atoms with Gasteiger partial charge in [-0.2, -0.15) is 0 Å². The Morgan fingerprint density at radius 3 is 2.71 bits per heavy atom. The highest BCUT2D eigenvalue weighted by molar-refractivity contribution is 5.94. The molecule has 0 fully saturated rings. The minimum absolute atomic E-state index is 0.0717. The highest BCUT2D eigenvalue weighted by Crippen LogP contribution is 2.36. The first kappa shape index (κ1) is 16.4. The van der Waals surface area contributed by atoms with Crippen LogP contribution in [-0.4, -0.2) is 11.2 Å². The molecule has 1 aliphatic rings. The standard InChI is InChI=1S/C22H13F2N3O/c23-16-4-3-6-19(21(16)24)26-15-8-9-17-13(11-15)10-14-12-25-18-5-1-2-7-20(18)28-22(14)27-17/h1-12,26H. The van der Waals surface area contributed by atoms with E-state index in [0.717, 1.165) is 28.2 Å². The van der Waals surface area contributed by atoms with Crippen LogP contribution in [0.15, 0.2) is 71.7 Å². The third-order valence-corrected chi connectivity index (χ3v) is 4.45. The number of ether oxygens (including phenoxy) is 1. The molecular weight excluding hydrogens is 360 g/mol. The normalized spacial score (nSPS) is 12.1. The molecule has 0 spiro atoms. The molecule has 0 unspecified atom stereocenters. The fourth-order valence-corrected chi connectivity index (χ4v) is 3.08. The molecule has 3 aromatic carbocycles. The van der Waals surface area contributed by atoms with Crippen LogP contribution in [0.5, 0.6) is 11.6 Å². The molecule has 28 heavy (non-hydrogen) atoms. The summed E-state index contributed by atoms with van der Waals surface area (Å²) in [5.74, 6) is -0.700. The van der Waals surface area contributed by atoms with Crippen LogP contribution in [0.4, 0.5) is 25.8 Å². The number of anilines is 2. The SMILES string of the molecule is Fc1cccc(Nc2ccc3nc4c(cc3c2)C=Nc2ccccc2O4)c1F. The molecule has 0 saturated heterocycles. The number of fused-ring (bicyclic) bond motifs is 3. The molecule has 0 saturated carbocycles. The summed E-state index contributed by atoms with van der Waals surface area (Å²) in [6.45, 7) is 0. The van der Waals surface area contributed by atoms with Crippen LogP contribution >= 0.6 is 0 Å². The molecule has 136 valence electrons. The number of pyridine rings is 1. The second-order valence-electron chi connectivity index (χ2n) is 6.34. The van der Waals surface area contributed by atoms with E-state index in [0.29, 0.717) is 17.3 Å². The van der Waals surface area contributed by atoms with E-state index in [4.69, 9.17) is 4.74 Å². The third kappa shape index (κ3) is 2.85. The van der Waals surface area contributed by atoms with E-state index in [2.05, 4.69) is 15.3 Å². The van der Waals surface area contributed by atoms with Gasteiger partial charge in [0.2, 0.25) is 5.88 Å². The molecule has 4 nitrogen and oxygen atoms in total. The highest BCUT2D eigenvalue weighted by atomic mass is 19.2. The summed E-state index contributed by atoms with van der Waals surface area (Å²) in [5.41, 5.74) is 2.87. The molecule has 2 heterocycles. The van der Waals surface area contributed by atoms with Crippen LogP contribution in [0, 0.1) is 11.6 Å². The van der Waals surface area contributed by atoms with Crippen molar-refractivity contribution in [1.82, 2.24) is 4.98 Å². The fourth-order valence-electron chi connectivity index (χ4n) is 3.08. The Balaban J connectivity index is 1.54. The van der Waals surface area contributed by atoms with Crippen LogP contribution in [0.25, 0.3) is 10.9 Å². The lowest BCUT2D eigenvalue weighted by Crippen LogP contribution is -1.97. The maximum atomic E-state index is 13.9. The summed E-state index contributed by atoms with van der Waals surface area (Å²) in [6, 6.07) is 18.8. The minimum Gasteiger partial charge on any atom is -0.436 e. The van der Waals surface area contributed by atoms with Crippen LogP contribution in [-0.2, 0) is 0 Å². The van der Waals surface area contributed by atoms with Gasteiger partial charge in [0.05, 0.1) is 16.8 Å². The minimum atomic E-state index is -0.916. The van der Waals surface area contributed by atoms with E-state index in [1.807, 2.05) is 36.4 Å². The first-order chi connectivity index (χ1) is 13.7. The zero-order chi connectivity index (χ0) is 19.1. The van der Waals surface area contributed by atoms with E-state index in [1.165, 1.54) is 12.1 Å². The number of nitrogens with zero attached hydrogens (tertiary/aromatic N) is 2. The van der Waals surface area contributed by atoms with E-state index < -0.39 is 11.6 Å². The number of halogens is 2. The topological polar surface area (TPSA) is 46.5 Å². The fraction of sp³-hybridized carbons (Fsp3) is 0. The Bertz CT molecular complexity index is 1250. The smallest absolute Gasteiger partial charge is 0.228 e. The first-order valence-electron chi connectivity index (χ1n) is 8.64. The zero-order valence-corrected chi connectivity index (χ0v) is 14.5. The lowest BCUT2D eigenvalue weighted by atomic mass is 10.1. The summed E-state index contributed by atoms with van der Waals surface area (Å²) < 4.78 is 33.3. The number of hydrogen-bond donors (Lipinski definition) is 1. The maximum Gasteiger partial charge on any atom is 0.228 e. The van der Waals surface area contributed by atoms with Crippen molar-refractivity contribution < 1.29 is 13.5 Å². The number of rotatable bonds is 2. The van der Waals surface area contributed by atoms with Crippen LogP contribution in [0.2, 0.25) is 0 Å². The van der Waals surface area contributed by atoms with E-state index in [9.17, 15) is 8.78 Å². The highest BCUT2D eigenvalue weighted by Gasteiger charge is 2.14. The Hall–Kier alpha value is -3.80. The monoisotopic (exact) mass is 373 g/mol. The molecule has 0 aliphatic carbocycles. The average molecular weight is 373 g/mol. The molecular formula is C22H13F2N3O. The molecule has 5 rings (SSSR count). The predicted molar refractivity (Wildman–Crippen MR) is 105 cm³/mol. The summed E-state index contributed by atoms with van der Waals surface area (Å²) in [5, 5.41) is 3.72. The van der Waals surface area contributed by atoms with Crippen molar-refractivity contribution in [2.45, 2.75) is 0 Å². The van der Waals surface area contributed by atoms with Gasteiger partial charge < -0.3 is 10.1 Å². The van der Waals surface area contributed by atoms with Gasteiger partial charge in [-0.1, -0.05) is 18.2 Å². The molecule has 1 aliphatic heterocycles. The van der Waals surface area contributed by atoms with Crippen molar-refractivity contribution in [1.29, 1.82) is 0 Å². The van der Waals surface area contributed by atoms with E-state index in [-0.39, 0.29) is 5.69 Å². The van der Waals surface area contributed by atoms with Crippen LogP contribution in [0.3, 0.4) is 0 Å². The van der Waals surface area contributed by atoms with Gasteiger partial charge in [-0.3, -0.25) is 4.99 Å². The van der Waals surface area contributed by atoms with Gasteiger partial charge >= 0.3 is 0 Å². The van der Waals surface area contributed by atoms with Crippen molar-refractivity contribution in [3.63, 3.8) is 0 Å². The van der Waals surface area contributed by atoms with Crippen molar-refractivity contribution in [2.24, 2.45) is 4.99 Å². The van der Waals surface area contributed by atoms with E-state index in [1.54, 1.807) is 18.3 Å². The largest absolute Gasteiger partial charge is 0.436 e. The lowest BCUT2D eigenvalue weighted by Gasteiger charge is -2.11. The Morgan fingerprint density at radius 1 is 0.893 bits per heavy atom. The summed E-state index contributed by atoms with van der Waals surface area (Å²) in [7, 11) is 0. The second-order valence-corrected chi connectivity index (χ2v) is 6.34. The second kappa shape index (κ2) is 6.42. The van der Waals surface area contributed by atoms with Crippen molar-refractivity contribution in [2.75, 3.05) is 5.32 Å². The molecule has 4 aromatic rings. The Labute approximate surface area is 159 Å². The molecule has 1 N–H and O–H groups in total. The number of hydrogen-bond acceptors (Lipinski definition) is 4. The quantitative estimate of drug-likeness (QED) is 0.406. The van der Waals surface area contributed by atoms with Crippen LogP contribution < -0.4 is 10.1 Å². The molecule has 0 amide bonds. The molecule has 0 bridgehead atoms. The average Bonchev–Trinajstić information content (AvgIpc) is 2.88. The third-order valence-electron chi connectivity index (χ3n) is 4.45. The number of aliphatic imine (C=N–C) groups is 1. The summed E-state index contributed by atoms with van der Waals surface area (Å²) >= 11 is 0. The maximum absolute atomic E-state index is 13.9. The van der Waals surface area contributed by atoms with Gasteiger partial charge in [-0.15, -0.1) is 0 Å². The van der Waals surface area contributed by atoms with Gasteiger partial charge in [-0.05, 0) is 48.5 Å². The molecule has 1 aromatic heterocycles. The Kier molecular flexibility index (Phi) is 3.76. The van der Waals surface area contributed by atoms with Crippen LogP contribution in [0.1, 0.15) is 5.56 Å².